The third kappa shape index (κ3) is 5.12. The molecule has 0 saturated carbocycles. The Morgan fingerprint density at radius 2 is 1.27 bits per heavy atom. The van der Waals surface area contributed by atoms with Crippen molar-refractivity contribution in [2.24, 2.45) is 0 Å². The first-order valence-electron chi connectivity index (χ1n) is 12.0. The number of benzene rings is 2. The second kappa shape index (κ2) is 11.3. The van der Waals surface area contributed by atoms with Crippen molar-refractivity contribution in [2.45, 2.75) is 68.0 Å². The first-order chi connectivity index (χ1) is 17.6. The summed E-state index contributed by atoms with van der Waals surface area (Å²) >= 11 is 0. The molecule has 0 amide bonds. The van der Waals surface area contributed by atoms with Crippen LogP contribution in [-0.2, 0) is 9.47 Å². The molecule has 10 atom stereocenters. The molecule has 0 radical (unpaired) electrons. The molecular formula is C26H34O11. The number of rotatable bonds is 6. The zero-order valence-corrected chi connectivity index (χ0v) is 20.5. The van der Waals surface area contributed by atoms with Crippen LogP contribution in [0, 0.1) is 6.92 Å². The zero-order valence-electron chi connectivity index (χ0n) is 20.5. The van der Waals surface area contributed by atoms with Gasteiger partial charge < -0.3 is 55.1 Å². The molecule has 4 rings (SSSR count). The van der Waals surface area contributed by atoms with Crippen molar-refractivity contribution in [3.63, 3.8) is 0 Å². The van der Waals surface area contributed by atoms with Gasteiger partial charge in [0.1, 0.15) is 66.8 Å². The summed E-state index contributed by atoms with van der Waals surface area (Å²) in [6, 6.07) is 10.4. The minimum atomic E-state index is -1.50. The van der Waals surface area contributed by atoms with Crippen LogP contribution >= 0.6 is 0 Å². The largest absolute Gasteiger partial charge is 0.496 e. The van der Waals surface area contributed by atoms with Crippen LogP contribution in [0.4, 0.5) is 0 Å². The van der Waals surface area contributed by atoms with Crippen LogP contribution in [0.1, 0.15) is 28.9 Å². The first-order valence-corrected chi connectivity index (χ1v) is 12.0. The highest BCUT2D eigenvalue weighted by Crippen LogP contribution is 2.40. The van der Waals surface area contributed by atoms with Crippen LogP contribution in [0.2, 0.25) is 0 Å². The summed E-state index contributed by atoms with van der Waals surface area (Å²) < 4.78 is 16.9. The van der Waals surface area contributed by atoms with E-state index in [1.807, 2.05) is 6.07 Å². The van der Waals surface area contributed by atoms with Crippen LogP contribution in [0.15, 0.2) is 36.4 Å². The second-order valence-electron chi connectivity index (χ2n) is 9.53. The van der Waals surface area contributed by atoms with E-state index >= 15 is 0 Å². The molecule has 2 aliphatic rings. The number of aliphatic hydroxyl groups excluding tert-OH is 8. The highest BCUT2D eigenvalue weighted by molar-refractivity contribution is 5.72. The topological polar surface area (TPSA) is 190 Å². The molecule has 2 fully saturated rings. The standard InChI is InChI=1S/C26H34O11/c1-11-7-12(3-5-14(11)26-24(34)22(32)20(30)18(10-28)37-26)15-6-4-13(8-16(15)35-2)25-23(33)21(31)19(29)17(9-27)36-25/h3-8,17-34H,9-10H2,1-2H3. The first kappa shape index (κ1) is 27.9. The summed E-state index contributed by atoms with van der Waals surface area (Å²) in [6.07, 6.45) is -12.7. The molecule has 11 nitrogen and oxygen atoms in total. The number of hydrogen-bond donors (Lipinski definition) is 8. The third-order valence-corrected chi connectivity index (χ3v) is 7.23. The normalized spacial score (nSPS) is 36.4. The van der Waals surface area contributed by atoms with E-state index in [2.05, 4.69) is 0 Å². The Balaban J connectivity index is 1.63. The molecule has 10 unspecified atom stereocenters. The Morgan fingerprint density at radius 1 is 0.703 bits per heavy atom. The van der Waals surface area contributed by atoms with Gasteiger partial charge in [-0.1, -0.05) is 30.3 Å². The number of methoxy groups -OCH3 is 1. The van der Waals surface area contributed by atoms with Crippen LogP contribution in [0.25, 0.3) is 11.1 Å². The van der Waals surface area contributed by atoms with Crippen LogP contribution < -0.4 is 4.74 Å². The minimum absolute atomic E-state index is 0.439. The highest BCUT2D eigenvalue weighted by Gasteiger charge is 2.45. The molecular weight excluding hydrogens is 488 g/mol. The van der Waals surface area contributed by atoms with E-state index in [9.17, 15) is 40.9 Å². The average Bonchev–Trinajstić information content (AvgIpc) is 2.91. The van der Waals surface area contributed by atoms with Gasteiger partial charge in [-0.25, -0.2) is 0 Å². The van der Waals surface area contributed by atoms with Crippen molar-refractivity contribution in [3.05, 3.63) is 53.1 Å². The maximum atomic E-state index is 10.5. The monoisotopic (exact) mass is 522 g/mol. The van der Waals surface area contributed by atoms with Gasteiger partial charge in [-0.3, -0.25) is 0 Å². The maximum Gasteiger partial charge on any atom is 0.127 e. The lowest BCUT2D eigenvalue weighted by atomic mass is 9.87. The van der Waals surface area contributed by atoms with Gasteiger partial charge in [0, 0.05) is 5.56 Å². The lowest BCUT2D eigenvalue weighted by molar-refractivity contribution is -0.231. The van der Waals surface area contributed by atoms with E-state index in [0.717, 1.165) is 11.1 Å². The van der Waals surface area contributed by atoms with Crippen LogP contribution in [0.5, 0.6) is 5.75 Å². The van der Waals surface area contributed by atoms with E-state index in [1.165, 1.54) is 7.11 Å². The minimum Gasteiger partial charge on any atom is -0.496 e. The molecule has 11 heteroatoms. The van der Waals surface area contributed by atoms with Gasteiger partial charge in [-0.2, -0.15) is 0 Å². The molecule has 2 heterocycles. The molecule has 2 aliphatic heterocycles. The molecule has 0 aromatic heterocycles. The van der Waals surface area contributed by atoms with Crippen LogP contribution in [0.3, 0.4) is 0 Å². The van der Waals surface area contributed by atoms with Crippen molar-refractivity contribution in [1.82, 2.24) is 0 Å². The summed E-state index contributed by atoms with van der Waals surface area (Å²) in [7, 11) is 1.48. The van der Waals surface area contributed by atoms with Gasteiger partial charge in [0.2, 0.25) is 0 Å². The lowest BCUT2D eigenvalue weighted by Crippen LogP contribution is -2.55. The molecule has 204 valence electrons. The van der Waals surface area contributed by atoms with Gasteiger partial charge in [0.15, 0.2) is 0 Å². The van der Waals surface area contributed by atoms with E-state index in [0.29, 0.717) is 22.4 Å². The summed E-state index contributed by atoms with van der Waals surface area (Å²) in [5.41, 5.74) is 3.23. The van der Waals surface area contributed by atoms with Gasteiger partial charge in [-0.15, -0.1) is 0 Å². The molecule has 2 aromatic carbocycles. The lowest BCUT2D eigenvalue weighted by Gasteiger charge is -2.40. The van der Waals surface area contributed by atoms with Gasteiger partial charge >= 0.3 is 0 Å². The molecule has 2 saturated heterocycles. The van der Waals surface area contributed by atoms with Crippen LogP contribution in [-0.4, -0.2) is 110 Å². The summed E-state index contributed by atoms with van der Waals surface area (Å²) in [5.74, 6) is 0.439. The number of aryl methyl sites for hydroxylation is 1. The van der Waals surface area contributed by atoms with Crippen molar-refractivity contribution in [1.29, 1.82) is 0 Å². The number of aliphatic hydroxyl groups is 8. The van der Waals surface area contributed by atoms with E-state index < -0.39 is 74.3 Å². The molecule has 8 N–H and O–H groups in total. The molecule has 2 aromatic rings. The van der Waals surface area contributed by atoms with E-state index in [4.69, 9.17) is 14.2 Å². The quantitative estimate of drug-likeness (QED) is 0.225. The van der Waals surface area contributed by atoms with Gasteiger partial charge in [0.05, 0.1) is 20.3 Å². The fraction of sp³-hybridized carbons (Fsp3) is 0.538. The fourth-order valence-corrected chi connectivity index (χ4v) is 5.02. The summed E-state index contributed by atoms with van der Waals surface area (Å²) in [4.78, 5) is 0. The Kier molecular flexibility index (Phi) is 8.51. The molecule has 0 aliphatic carbocycles. The number of hydrogen-bond acceptors (Lipinski definition) is 11. The molecule has 0 bridgehead atoms. The third-order valence-electron chi connectivity index (χ3n) is 7.23. The smallest absolute Gasteiger partial charge is 0.127 e. The Morgan fingerprint density at radius 3 is 1.81 bits per heavy atom. The predicted molar refractivity (Wildman–Crippen MR) is 129 cm³/mol. The Labute approximate surface area is 213 Å². The SMILES string of the molecule is COc1cc(C2OC(CO)C(O)C(O)C2O)ccc1-c1ccc(C2OC(CO)C(O)C(O)C2O)c(C)c1. The second-order valence-corrected chi connectivity index (χ2v) is 9.53. The average molecular weight is 523 g/mol. The van der Waals surface area contributed by atoms with Crippen molar-refractivity contribution < 1.29 is 55.1 Å². The van der Waals surface area contributed by atoms with Crippen molar-refractivity contribution >= 4 is 0 Å². The van der Waals surface area contributed by atoms with Gasteiger partial charge in [0.25, 0.3) is 0 Å². The van der Waals surface area contributed by atoms with Crippen molar-refractivity contribution in [2.75, 3.05) is 20.3 Å². The van der Waals surface area contributed by atoms with Gasteiger partial charge in [-0.05, 0) is 35.2 Å². The Hall–Kier alpha value is -2.16. The maximum absolute atomic E-state index is 10.5. The molecule has 37 heavy (non-hydrogen) atoms. The zero-order chi connectivity index (χ0) is 27.0. The highest BCUT2D eigenvalue weighted by atomic mass is 16.6. The van der Waals surface area contributed by atoms with Crippen molar-refractivity contribution in [3.8, 4) is 16.9 Å². The van der Waals surface area contributed by atoms with E-state index in [-0.39, 0.29) is 0 Å². The van der Waals surface area contributed by atoms with E-state index in [1.54, 1.807) is 37.3 Å². The Bertz CT molecular complexity index is 1070. The predicted octanol–water partition coefficient (Wildman–Crippen LogP) is -1.30. The summed E-state index contributed by atoms with van der Waals surface area (Å²) in [6.45, 7) is 0.752. The number of ether oxygens (including phenoxy) is 3. The fourth-order valence-electron chi connectivity index (χ4n) is 5.02. The molecule has 0 spiro atoms. The summed E-state index contributed by atoms with van der Waals surface area (Å²) in [5, 5.41) is 80.3.